The number of hydrogen-bond acceptors (Lipinski definition) is 4. The number of carboxylic acid groups (broad SMARTS) is 1. The molecule has 7 heteroatoms. The van der Waals surface area contributed by atoms with Crippen LogP contribution in [0.2, 0.25) is 0 Å². The Bertz CT molecular complexity index is 519. The number of rotatable bonds is 6. The van der Waals surface area contributed by atoms with Gasteiger partial charge in [0.25, 0.3) is 5.91 Å². The lowest BCUT2D eigenvalue weighted by Gasteiger charge is -2.18. The van der Waals surface area contributed by atoms with E-state index in [4.69, 9.17) is 14.6 Å². The van der Waals surface area contributed by atoms with Gasteiger partial charge in [0.1, 0.15) is 22.0 Å². The highest BCUT2D eigenvalue weighted by Gasteiger charge is 2.25. The third-order valence-corrected chi connectivity index (χ3v) is 3.71. The Balaban J connectivity index is 3.10. The van der Waals surface area contributed by atoms with Crippen LogP contribution < -0.4 is 14.8 Å². The van der Waals surface area contributed by atoms with E-state index in [0.29, 0.717) is 16.0 Å². The van der Waals surface area contributed by atoms with E-state index in [1.54, 1.807) is 13.8 Å². The Morgan fingerprint density at radius 1 is 1.19 bits per heavy atom. The molecule has 1 amide bonds. The maximum absolute atomic E-state index is 12.2. The normalized spacial score (nSPS) is 11.9. The van der Waals surface area contributed by atoms with Crippen LogP contribution in [0.25, 0.3) is 0 Å². The summed E-state index contributed by atoms with van der Waals surface area (Å²) in [5, 5.41) is 11.6. The predicted octanol–water partition coefficient (Wildman–Crippen LogP) is 2.31. The van der Waals surface area contributed by atoms with Gasteiger partial charge in [0, 0.05) is 5.56 Å². The molecule has 6 nitrogen and oxygen atoms in total. The van der Waals surface area contributed by atoms with Crippen LogP contribution in [0.1, 0.15) is 24.2 Å². The molecule has 0 saturated heterocycles. The van der Waals surface area contributed by atoms with E-state index >= 15 is 0 Å². The Morgan fingerprint density at radius 3 is 2.00 bits per heavy atom. The molecule has 0 unspecified atom stereocenters. The minimum absolute atomic E-state index is 0.231. The third-order valence-electron chi connectivity index (χ3n) is 2.93. The standard InChI is InChI=1S/C14H18BrNO5/c1-7(2)12(14(18)19)16-13(17)8-5-9(20-3)11(15)10(6-8)21-4/h5-7,12H,1-4H3,(H,16,17)(H,18,19)/t12-/m0/s1. The lowest BCUT2D eigenvalue weighted by atomic mass is 10.0. The van der Waals surface area contributed by atoms with Crippen LogP contribution in [0.3, 0.4) is 0 Å². The zero-order valence-electron chi connectivity index (χ0n) is 12.3. The number of methoxy groups -OCH3 is 2. The number of nitrogens with one attached hydrogen (secondary N) is 1. The summed E-state index contributed by atoms with van der Waals surface area (Å²) in [6, 6.07) is 2.07. The minimum Gasteiger partial charge on any atom is -0.495 e. The monoisotopic (exact) mass is 359 g/mol. The molecular formula is C14H18BrNO5. The largest absolute Gasteiger partial charge is 0.495 e. The average Bonchev–Trinajstić information content (AvgIpc) is 2.43. The molecule has 0 saturated carbocycles. The number of halogens is 1. The first-order valence-electron chi connectivity index (χ1n) is 6.27. The first-order valence-corrected chi connectivity index (χ1v) is 7.06. The second-order valence-electron chi connectivity index (χ2n) is 4.73. The highest BCUT2D eigenvalue weighted by molar-refractivity contribution is 9.10. The van der Waals surface area contributed by atoms with Gasteiger partial charge < -0.3 is 19.9 Å². The summed E-state index contributed by atoms with van der Waals surface area (Å²) in [6.45, 7) is 3.45. The highest BCUT2D eigenvalue weighted by Crippen LogP contribution is 2.35. The summed E-state index contributed by atoms with van der Waals surface area (Å²) in [4.78, 5) is 23.3. The van der Waals surface area contributed by atoms with Crippen molar-refractivity contribution in [3.8, 4) is 11.5 Å². The summed E-state index contributed by atoms with van der Waals surface area (Å²) in [5.74, 6) is -0.952. The quantitative estimate of drug-likeness (QED) is 0.813. The Kier molecular flexibility index (Phi) is 6.02. The Morgan fingerprint density at radius 2 is 1.67 bits per heavy atom. The molecule has 0 spiro atoms. The Labute approximate surface area is 131 Å². The van der Waals surface area contributed by atoms with E-state index in [9.17, 15) is 9.59 Å². The fourth-order valence-corrected chi connectivity index (χ4v) is 2.29. The van der Waals surface area contributed by atoms with Crippen molar-refractivity contribution in [3.05, 3.63) is 22.2 Å². The van der Waals surface area contributed by atoms with Gasteiger partial charge in [-0.1, -0.05) is 13.8 Å². The maximum Gasteiger partial charge on any atom is 0.326 e. The summed E-state index contributed by atoms with van der Waals surface area (Å²) in [6.07, 6.45) is 0. The molecule has 0 aromatic heterocycles. The van der Waals surface area contributed by atoms with Crippen LogP contribution in [0.15, 0.2) is 16.6 Å². The van der Waals surface area contributed by atoms with Crippen molar-refractivity contribution in [3.63, 3.8) is 0 Å². The zero-order chi connectivity index (χ0) is 16.2. The van der Waals surface area contributed by atoms with Crippen molar-refractivity contribution in [2.75, 3.05) is 14.2 Å². The van der Waals surface area contributed by atoms with Crippen LogP contribution >= 0.6 is 15.9 Å². The van der Waals surface area contributed by atoms with Gasteiger partial charge in [-0.15, -0.1) is 0 Å². The summed E-state index contributed by atoms with van der Waals surface area (Å²) < 4.78 is 10.9. The lowest BCUT2D eigenvalue weighted by Crippen LogP contribution is -2.44. The van der Waals surface area contributed by atoms with E-state index < -0.39 is 17.9 Å². The van der Waals surface area contributed by atoms with Crippen LogP contribution in [-0.2, 0) is 4.79 Å². The second kappa shape index (κ2) is 7.31. The molecule has 1 rings (SSSR count). The number of aliphatic carboxylic acids is 1. The zero-order valence-corrected chi connectivity index (χ0v) is 13.9. The van der Waals surface area contributed by atoms with E-state index in [1.807, 2.05) is 0 Å². The first kappa shape index (κ1) is 17.3. The van der Waals surface area contributed by atoms with Gasteiger partial charge in [0.05, 0.1) is 14.2 Å². The van der Waals surface area contributed by atoms with Gasteiger partial charge in [-0.2, -0.15) is 0 Å². The first-order chi connectivity index (χ1) is 9.81. The minimum atomic E-state index is -1.07. The van der Waals surface area contributed by atoms with Crippen molar-refractivity contribution < 1.29 is 24.2 Å². The molecule has 1 atom stereocenters. The van der Waals surface area contributed by atoms with Gasteiger partial charge in [-0.25, -0.2) is 4.79 Å². The van der Waals surface area contributed by atoms with Gasteiger partial charge in [0.15, 0.2) is 0 Å². The SMILES string of the molecule is COc1cc(C(=O)N[C@H](C(=O)O)C(C)C)cc(OC)c1Br. The number of benzene rings is 1. The molecule has 0 heterocycles. The van der Waals surface area contributed by atoms with Crippen molar-refractivity contribution in [2.45, 2.75) is 19.9 Å². The van der Waals surface area contributed by atoms with Crippen molar-refractivity contribution in [2.24, 2.45) is 5.92 Å². The number of amides is 1. The molecule has 0 aliphatic heterocycles. The molecule has 0 bridgehead atoms. The molecule has 0 fully saturated rings. The second-order valence-corrected chi connectivity index (χ2v) is 5.52. The predicted molar refractivity (Wildman–Crippen MR) is 81.0 cm³/mol. The summed E-state index contributed by atoms with van der Waals surface area (Å²) >= 11 is 3.31. The number of hydrogen-bond donors (Lipinski definition) is 2. The molecular weight excluding hydrogens is 342 g/mol. The smallest absolute Gasteiger partial charge is 0.326 e. The van der Waals surface area contributed by atoms with Gasteiger partial charge >= 0.3 is 5.97 Å². The van der Waals surface area contributed by atoms with E-state index in [-0.39, 0.29) is 11.5 Å². The highest BCUT2D eigenvalue weighted by atomic mass is 79.9. The fraction of sp³-hybridized carbons (Fsp3) is 0.429. The molecule has 2 N–H and O–H groups in total. The van der Waals surface area contributed by atoms with Crippen LogP contribution in [0, 0.1) is 5.92 Å². The fourth-order valence-electron chi connectivity index (χ4n) is 1.74. The molecule has 1 aromatic carbocycles. The van der Waals surface area contributed by atoms with Gasteiger partial charge in [-0.05, 0) is 34.0 Å². The van der Waals surface area contributed by atoms with Crippen LogP contribution in [0.5, 0.6) is 11.5 Å². The van der Waals surface area contributed by atoms with Crippen molar-refractivity contribution in [1.82, 2.24) is 5.32 Å². The van der Waals surface area contributed by atoms with Crippen molar-refractivity contribution in [1.29, 1.82) is 0 Å². The number of carbonyl (C=O) groups is 2. The maximum atomic E-state index is 12.2. The molecule has 21 heavy (non-hydrogen) atoms. The van der Waals surface area contributed by atoms with Gasteiger partial charge in [-0.3, -0.25) is 4.79 Å². The summed E-state index contributed by atoms with van der Waals surface area (Å²) in [5.41, 5.74) is 0.263. The van der Waals surface area contributed by atoms with Crippen LogP contribution in [0.4, 0.5) is 0 Å². The van der Waals surface area contributed by atoms with Crippen molar-refractivity contribution >= 4 is 27.8 Å². The Hall–Kier alpha value is -1.76. The van der Waals surface area contributed by atoms with E-state index in [0.717, 1.165) is 0 Å². The molecule has 0 aliphatic carbocycles. The molecule has 0 radical (unpaired) electrons. The number of carbonyl (C=O) groups excluding carboxylic acids is 1. The molecule has 1 aromatic rings. The average molecular weight is 360 g/mol. The topological polar surface area (TPSA) is 84.9 Å². The van der Waals surface area contributed by atoms with E-state index in [2.05, 4.69) is 21.2 Å². The lowest BCUT2D eigenvalue weighted by molar-refractivity contribution is -0.140. The molecule has 0 aliphatic rings. The number of ether oxygens (including phenoxy) is 2. The van der Waals surface area contributed by atoms with E-state index in [1.165, 1.54) is 26.4 Å². The molecule has 116 valence electrons. The number of carboxylic acids is 1. The summed E-state index contributed by atoms with van der Waals surface area (Å²) in [7, 11) is 2.94. The third kappa shape index (κ3) is 4.10. The van der Waals surface area contributed by atoms with Gasteiger partial charge in [0.2, 0.25) is 0 Å². The van der Waals surface area contributed by atoms with Crippen LogP contribution in [-0.4, -0.2) is 37.2 Å².